The summed E-state index contributed by atoms with van der Waals surface area (Å²) in [4.78, 5) is 38.0. The minimum Gasteiger partial charge on any atom is -0.375 e. The number of sulfonamides is 1. The first-order valence-corrected chi connectivity index (χ1v) is 17.6. The summed E-state index contributed by atoms with van der Waals surface area (Å²) in [7, 11) is -3.48. The molecule has 0 saturated heterocycles. The predicted molar refractivity (Wildman–Crippen MR) is 184 cm³/mol. The lowest BCUT2D eigenvalue weighted by molar-refractivity contribution is -0.137. The molecule has 2 N–H and O–H groups in total. The number of ether oxygens (including phenoxy) is 1. The summed E-state index contributed by atoms with van der Waals surface area (Å²) in [6.45, 7) is 0.978. The van der Waals surface area contributed by atoms with Crippen LogP contribution < -0.4 is 15.7 Å². The van der Waals surface area contributed by atoms with Crippen LogP contribution >= 0.6 is 0 Å². The molecule has 284 valence electrons. The van der Waals surface area contributed by atoms with E-state index in [1.54, 1.807) is 4.72 Å². The molecule has 0 spiro atoms. The topological polar surface area (TPSA) is 141 Å². The quantitative estimate of drug-likeness (QED) is 0.135. The number of nitrogens with zero attached hydrogens (tertiary/aromatic N) is 3. The second kappa shape index (κ2) is 16.1. The number of carbonyl (C=O) groups is 2. The van der Waals surface area contributed by atoms with Crippen molar-refractivity contribution in [1.29, 1.82) is 0 Å². The summed E-state index contributed by atoms with van der Waals surface area (Å²) >= 11 is 0. The molecule has 0 aliphatic carbocycles. The monoisotopic (exact) mass is 775 g/mol. The Morgan fingerprint density at radius 1 is 0.926 bits per heavy atom. The number of carbonyl (C=O) groups excluding carboxylic acids is 2. The predicted octanol–water partition coefficient (Wildman–Crippen LogP) is 6.23. The summed E-state index contributed by atoms with van der Waals surface area (Å²) in [5, 5.41) is 6.58. The van der Waals surface area contributed by atoms with Crippen molar-refractivity contribution in [3.63, 3.8) is 0 Å². The maximum Gasteiger partial charge on any atom is 0.418 e. The Kier molecular flexibility index (Phi) is 11.8. The van der Waals surface area contributed by atoms with E-state index in [9.17, 15) is 44.8 Å². The van der Waals surface area contributed by atoms with Crippen molar-refractivity contribution in [3.8, 4) is 16.8 Å². The number of aryl methyl sites for hydroxylation is 1. The van der Waals surface area contributed by atoms with Crippen LogP contribution in [0.2, 0.25) is 0 Å². The number of nitrogens with one attached hydrogen (secondary N) is 2. The lowest BCUT2D eigenvalue weighted by Crippen LogP contribution is -2.31. The molecule has 0 bridgehead atoms. The molecule has 11 nitrogen and oxygen atoms in total. The van der Waals surface area contributed by atoms with Gasteiger partial charge in [0.15, 0.2) is 0 Å². The average Bonchev–Trinajstić information content (AvgIpc) is 3.42. The zero-order valence-corrected chi connectivity index (χ0v) is 29.3. The smallest absolute Gasteiger partial charge is 0.375 e. The first-order valence-electron chi connectivity index (χ1n) is 16.1. The van der Waals surface area contributed by atoms with Crippen molar-refractivity contribution in [1.82, 2.24) is 19.1 Å². The number of benzene rings is 4. The molecule has 4 aromatic carbocycles. The number of anilines is 1. The van der Waals surface area contributed by atoms with Gasteiger partial charge in [-0.05, 0) is 60.5 Å². The molecule has 18 heteroatoms. The third kappa shape index (κ3) is 8.71. The first kappa shape index (κ1) is 39.5. The highest BCUT2D eigenvalue weighted by molar-refractivity contribution is 7.90. The highest BCUT2D eigenvalue weighted by Crippen LogP contribution is 2.35. The molecule has 0 aliphatic rings. The third-order valence-corrected chi connectivity index (χ3v) is 9.44. The van der Waals surface area contributed by atoms with Gasteiger partial charge in [0.05, 0.1) is 28.3 Å². The Bertz CT molecular complexity index is 2390. The minimum atomic E-state index is -4.93. The van der Waals surface area contributed by atoms with Gasteiger partial charge in [0.2, 0.25) is 5.91 Å². The standard InChI is InChI=1S/C36H31F6N5O6S/c1-3-4-9-32-44-47(30-18-24(43-33(48)20-53-2)13-14-27(30)36(40,41)42)35(50)46(32)19-22-11-10-21(16-29(22)39)25-7-5-6-8-31(25)54(51,52)45-34(49)26-17-23(37)12-15-28(26)38/h5-8,10-18H,3-4,9,19-20H2,1-2H3,(H,43,48)(H,45,49). The van der Waals surface area contributed by atoms with Crippen molar-refractivity contribution in [2.24, 2.45) is 0 Å². The van der Waals surface area contributed by atoms with Crippen molar-refractivity contribution in [2.75, 3.05) is 19.0 Å². The maximum atomic E-state index is 15.8. The fraction of sp³-hybridized carbons (Fsp3) is 0.222. The molecule has 1 heterocycles. The van der Waals surface area contributed by atoms with Gasteiger partial charge in [0, 0.05) is 30.3 Å². The van der Waals surface area contributed by atoms with Crippen LogP contribution in [0.5, 0.6) is 0 Å². The number of aromatic nitrogens is 3. The van der Waals surface area contributed by atoms with Gasteiger partial charge in [0.1, 0.15) is 29.9 Å². The Labute approximate surface area is 304 Å². The van der Waals surface area contributed by atoms with Gasteiger partial charge in [-0.3, -0.25) is 14.2 Å². The number of methoxy groups -OCH3 is 1. The molecule has 1 aromatic heterocycles. The number of rotatable bonds is 13. The van der Waals surface area contributed by atoms with E-state index >= 15 is 4.39 Å². The fourth-order valence-electron chi connectivity index (χ4n) is 5.48. The summed E-state index contributed by atoms with van der Waals surface area (Å²) < 4.78 is 121. The van der Waals surface area contributed by atoms with Crippen LogP contribution in [0.1, 0.15) is 47.1 Å². The molecule has 54 heavy (non-hydrogen) atoms. The van der Waals surface area contributed by atoms with Gasteiger partial charge in [-0.15, -0.1) is 5.10 Å². The van der Waals surface area contributed by atoms with Crippen LogP contribution in [-0.2, 0) is 38.7 Å². The molecule has 0 fully saturated rings. The van der Waals surface area contributed by atoms with Crippen LogP contribution in [0.25, 0.3) is 16.8 Å². The molecule has 0 aliphatic heterocycles. The van der Waals surface area contributed by atoms with Gasteiger partial charge >= 0.3 is 11.9 Å². The van der Waals surface area contributed by atoms with Gasteiger partial charge < -0.3 is 10.1 Å². The lowest BCUT2D eigenvalue weighted by Gasteiger charge is -2.14. The lowest BCUT2D eigenvalue weighted by atomic mass is 10.0. The van der Waals surface area contributed by atoms with E-state index in [1.165, 1.54) is 37.4 Å². The Morgan fingerprint density at radius 3 is 2.35 bits per heavy atom. The van der Waals surface area contributed by atoms with Crippen molar-refractivity contribution >= 4 is 27.5 Å². The summed E-state index contributed by atoms with van der Waals surface area (Å²) in [5.41, 5.74) is -4.03. The summed E-state index contributed by atoms with van der Waals surface area (Å²) in [5.74, 6) is -5.13. The second-order valence-electron chi connectivity index (χ2n) is 11.9. The van der Waals surface area contributed by atoms with Gasteiger partial charge in [-0.2, -0.15) is 17.9 Å². The maximum absolute atomic E-state index is 15.8. The minimum absolute atomic E-state index is 0.0120. The van der Waals surface area contributed by atoms with Crippen molar-refractivity contribution in [2.45, 2.75) is 43.8 Å². The van der Waals surface area contributed by atoms with E-state index in [0.717, 1.165) is 34.9 Å². The second-order valence-corrected chi connectivity index (χ2v) is 13.5. The SMILES string of the molecule is CCCCc1nn(-c2cc(NC(=O)COC)ccc2C(F)(F)F)c(=O)n1Cc1ccc(-c2ccccc2S(=O)(=O)NC(=O)c2cc(F)ccc2F)cc1F. The molecule has 0 atom stereocenters. The van der Waals surface area contributed by atoms with Crippen LogP contribution in [0, 0.1) is 17.5 Å². The van der Waals surface area contributed by atoms with Gasteiger partial charge in [-0.25, -0.2) is 31.1 Å². The molecular formula is C36H31F6N5O6S. The van der Waals surface area contributed by atoms with Crippen LogP contribution in [-0.4, -0.2) is 48.3 Å². The van der Waals surface area contributed by atoms with Crippen LogP contribution in [0.4, 0.5) is 32.0 Å². The Morgan fingerprint density at radius 2 is 1.67 bits per heavy atom. The Balaban J connectivity index is 1.51. The van der Waals surface area contributed by atoms with E-state index in [1.807, 2.05) is 6.92 Å². The molecular weight excluding hydrogens is 744 g/mol. The number of alkyl halides is 3. The van der Waals surface area contributed by atoms with Crippen molar-refractivity contribution < 1.29 is 49.1 Å². The zero-order chi connectivity index (χ0) is 39.4. The molecule has 5 rings (SSSR count). The number of unbranched alkanes of at least 4 members (excludes halogenated alkanes) is 1. The van der Waals surface area contributed by atoms with Gasteiger partial charge in [-0.1, -0.05) is 43.7 Å². The molecule has 5 aromatic rings. The zero-order valence-electron chi connectivity index (χ0n) is 28.5. The number of hydrogen-bond acceptors (Lipinski definition) is 7. The number of amides is 2. The van der Waals surface area contributed by atoms with E-state index < -0.39 is 79.4 Å². The van der Waals surface area contributed by atoms with E-state index in [2.05, 4.69) is 10.4 Å². The molecule has 0 saturated carbocycles. The van der Waals surface area contributed by atoms with Crippen LogP contribution in [0.15, 0.2) is 88.6 Å². The Hall–Kier alpha value is -5.75. The molecule has 0 unspecified atom stereocenters. The van der Waals surface area contributed by atoms with E-state index in [0.29, 0.717) is 35.7 Å². The number of halogens is 6. The van der Waals surface area contributed by atoms with E-state index in [-0.39, 0.29) is 41.2 Å². The molecule has 2 amide bonds. The summed E-state index contributed by atoms with van der Waals surface area (Å²) in [6.07, 6.45) is -3.69. The first-order chi connectivity index (χ1) is 25.5. The highest BCUT2D eigenvalue weighted by Gasteiger charge is 2.35. The largest absolute Gasteiger partial charge is 0.418 e. The van der Waals surface area contributed by atoms with Crippen LogP contribution in [0.3, 0.4) is 0 Å². The van der Waals surface area contributed by atoms with Crippen molar-refractivity contribution in [3.05, 3.63) is 129 Å². The fourth-order valence-corrected chi connectivity index (χ4v) is 6.68. The molecule has 0 radical (unpaired) electrons. The summed E-state index contributed by atoms with van der Waals surface area (Å²) in [6, 6.07) is 13.3. The third-order valence-electron chi connectivity index (χ3n) is 8.05. The average molecular weight is 776 g/mol. The number of hydrogen-bond donors (Lipinski definition) is 2. The normalized spacial score (nSPS) is 11.8. The van der Waals surface area contributed by atoms with Gasteiger partial charge in [0.25, 0.3) is 15.9 Å². The van der Waals surface area contributed by atoms with E-state index in [4.69, 9.17) is 4.74 Å². The highest BCUT2D eigenvalue weighted by atomic mass is 32.2.